The maximum Gasteiger partial charge on any atom is 0.273 e. The quantitative estimate of drug-likeness (QED) is 0.789. The van der Waals surface area contributed by atoms with E-state index in [2.05, 4.69) is 15.4 Å². The van der Waals surface area contributed by atoms with Crippen LogP contribution in [-0.2, 0) is 6.61 Å². The van der Waals surface area contributed by atoms with Gasteiger partial charge in [-0.05, 0) is 31.5 Å². The van der Waals surface area contributed by atoms with Crippen molar-refractivity contribution in [2.75, 3.05) is 26.2 Å². The van der Waals surface area contributed by atoms with Crippen molar-refractivity contribution in [2.45, 2.75) is 25.6 Å². The Kier molecular flexibility index (Phi) is 6.03. The first-order valence-electron chi connectivity index (χ1n) is 8.53. The predicted octanol–water partition coefficient (Wildman–Crippen LogP) is 1.44. The van der Waals surface area contributed by atoms with E-state index in [-0.39, 0.29) is 24.3 Å². The maximum atomic E-state index is 12.1. The van der Waals surface area contributed by atoms with E-state index in [0.717, 1.165) is 25.1 Å². The molecule has 1 aromatic carbocycles. The van der Waals surface area contributed by atoms with E-state index >= 15 is 0 Å². The van der Waals surface area contributed by atoms with Crippen LogP contribution in [0.2, 0.25) is 0 Å². The van der Waals surface area contributed by atoms with Crippen molar-refractivity contribution in [2.24, 2.45) is 0 Å². The molecule has 1 saturated heterocycles. The van der Waals surface area contributed by atoms with Gasteiger partial charge >= 0.3 is 0 Å². The molecule has 1 aliphatic heterocycles. The highest BCUT2D eigenvalue weighted by Crippen LogP contribution is 2.12. The van der Waals surface area contributed by atoms with E-state index < -0.39 is 0 Å². The number of amides is 1. The van der Waals surface area contributed by atoms with Crippen molar-refractivity contribution >= 4 is 5.91 Å². The number of nitrogens with zero attached hydrogens (tertiary/aromatic N) is 2. The van der Waals surface area contributed by atoms with E-state index in [0.29, 0.717) is 25.4 Å². The third kappa shape index (κ3) is 5.30. The van der Waals surface area contributed by atoms with Crippen LogP contribution in [0.15, 0.2) is 40.9 Å². The molecule has 7 nitrogen and oxygen atoms in total. The van der Waals surface area contributed by atoms with E-state index in [4.69, 9.17) is 9.26 Å². The van der Waals surface area contributed by atoms with Crippen LogP contribution in [0, 0.1) is 0 Å². The van der Waals surface area contributed by atoms with Crippen LogP contribution in [0.4, 0.5) is 0 Å². The number of hydrogen-bond donors (Lipinski definition) is 2. The summed E-state index contributed by atoms with van der Waals surface area (Å²) in [5.74, 6) is 0.953. The van der Waals surface area contributed by atoms with Gasteiger partial charge in [-0.1, -0.05) is 23.4 Å². The van der Waals surface area contributed by atoms with Crippen LogP contribution in [0.3, 0.4) is 0 Å². The number of aliphatic hydroxyl groups is 1. The van der Waals surface area contributed by atoms with Crippen molar-refractivity contribution in [3.05, 3.63) is 47.9 Å². The molecular weight excluding hydrogens is 322 g/mol. The number of β-amino-alcohol motifs (C(OH)–C–C–N with tert-alkyl or cyclic N) is 1. The summed E-state index contributed by atoms with van der Waals surface area (Å²) in [4.78, 5) is 14.2. The molecule has 1 fully saturated rings. The molecule has 2 aromatic rings. The number of likely N-dealkylation sites (tertiary alicyclic amines) is 1. The van der Waals surface area contributed by atoms with E-state index in [1.54, 1.807) is 6.07 Å². The van der Waals surface area contributed by atoms with Gasteiger partial charge < -0.3 is 19.7 Å². The largest absolute Gasteiger partial charge is 0.486 e. The first-order chi connectivity index (χ1) is 12.2. The van der Waals surface area contributed by atoms with Crippen LogP contribution in [-0.4, -0.2) is 53.4 Å². The summed E-state index contributed by atoms with van der Waals surface area (Å²) in [6, 6.07) is 11.0. The van der Waals surface area contributed by atoms with E-state index in [9.17, 15) is 9.90 Å². The van der Waals surface area contributed by atoms with Crippen molar-refractivity contribution in [1.29, 1.82) is 0 Å². The second kappa shape index (κ2) is 8.64. The molecule has 0 spiro atoms. The summed E-state index contributed by atoms with van der Waals surface area (Å²) in [5.41, 5.74) is 0.241. The third-order valence-corrected chi connectivity index (χ3v) is 4.11. The second-order valence-corrected chi connectivity index (χ2v) is 6.13. The molecule has 2 N–H and O–H groups in total. The first kappa shape index (κ1) is 17.4. The van der Waals surface area contributed by atoms with Crippen molar-refractivity contribution in [3.8, 4) is 5.75 Å². The zero-order valence-corrected chi connectivity index (χ0v) is 14.1. The highest BCUT2D eigenvalue weighted by atomic mass is 16.5. The fraction of sp³-hybridized carbons (Fsp3) is 0.444. The molecule has 2 heterocycles. The average molecular weight is 345 g/mol. The average Bonchev–Trinajstić information content (AvgIpc) is 3.10. The third-order valence-electron chi connectivity index (χ3n) is 4.11. The molecule has 0 aliphatic carbocycles. The van der Waals surface area contributed by atoms with Crippen molar-refractivity contribution in [1.82, 2.24) is 15.4 Å². The van der Waals surface area contributed by atoms with Gasteiger partial charge in [0.25, 0.3) is 5.91 Å². The lowest BCUT2D eigenvalue weighted by atomic mass is 10.1. The molecule has 134 valence electrons. The summed E-state index contributed by atoms with van der Waals surface area (Å²) in [6.07, 6.45) is 1.59. The Balaban J connectivity index is 1.41. The monoisotopic (exact) mass is 345 g/mol. The Hall–Kier alpha value is -2.38. The number of rotatable bonds is 7. The summed E-state index contributed by atoms with van der Waals surface area (Å²) < 4.78 is 10.7. The molecule has 1 unspecified atom stereocenters. The molecule has 0 saturated carbocycles. The van der Waals surface area contributed by atoms with Crippen LogP contribution in [0.5, 0.6) is 5.75 Å². The van der Waals surface area contributed by atoms with Gasteiger partial charge in [0.15, 0.2) is 11.5 Å². The first-order valence-corrected chi connectivity index (χ1v) is 8.53. The standard InChI is InChI=1S/C18H23N3O4/c22-14-5-4-9-21(12-14)10-8-19-18(23)17-11-16(25-20-17)13-24-15-6-2-1-3-7-15/h1-3,6-7,11,14,22H,4-5,8-10,12-13H2,(H,19,23). The van der Waals surface area contributed by atoms with Crippen LogP contribution in [0.1, 0.15) is 29.1 Å². The van der Waals surface area contributed by atoms with Gasteiger partial charge in [-0.2, -0.15) is 0 Å². The lowest BCUT2D eigenvalue weighted by Crippen LogP contribution is -2.42. The van der Waals surface area contributed by atoms with Crippen LogP contribution < -0.4 is 10.1 Å². The minimum absolute atomic E-state index is 0.218. The smallest absolute Gasteiger partial charge is 0.273 e. The zero-order valence-electron chi connectivity index (χ0n) is 14.1. The topological polar surface area (TPSA) is 87.8 Å². The van der Waals surface area contributed by atoms with Crippen LogP contribution in [0.25, 0.3) is 0 Å². The number of aliphatic hydroxyl groups excluding tert-OH is 1. The Bertz CT molecular complexity index is 674. The van der Waals surface area contributed by atoms with E-state index in [1.807, 2.05) is 30.3 Å². The SMILES string of the molecule is O=C(NCCN1CCCC(O)C1)c1cc(COc2ccccc2)on1. The number of hydrogen-bond acceptors (Lipinski definition) is 6. The Morgan fingerprint density at radius 2 is 2.24 bits per heavy atom. The highest BCUT2D eigenvalue weighted by Gasteiger charge is 2.18. The molecule has 0 bridgehead atoms. The number of ether oxygens (including phenoxy) is 1. The minimum atomic E-state index is -0.271. The summed E-state index contributed by atoms with van der Waals surface area (Å²) in [6.45, 7) is 3.06. The Morgan fingerprint density at radius 1 is 1.40 bits per heavy atom. The van der Waals surface area contributed by atoms with Gasteiger partial charge in [-0.3, -0.25) is 9.69 Å². The Labute approximate surface area is 146 Å². The van der Waals surface area contributed by atoms with E-state index in [1.165, 1.54) is 0 Å². The molecule has 0 radical (unpaired) electrons. The van der Waals surface area contributed by atoms with Gasteiger partial charge in [0.2, 0.25) is 0 Å². The molecule has 3 rings (SSSR count). The van der Waals surface area contributed by atoms with Gasteiger partial charge in [0.05, 0.1) is 6.10 Å². The van der Waals surface area contributed by atoms with Gasteiger partial charge in [-0.25, -0.2) is 0 Å². The number of carbonyl (C=O) groups is 1. The number of para-hydroxylation sites is 1. The maximum absolute atomic E-state index is 12.1. The molecule has 1 aliphatic rings. The van der Waals surface area contributed by atoms with Crippen molar-refractivity contribution < 1.29 is 19.2 Å². The zero-order chi connectivity index (χ0) is 17.5. The normalized spacial score (nSPS) is 18.0. The van der Waals surface area contributed by atoms with Gasteiger partial charge in [0.1, 0.15) is 12.4 Å². The molecular formula is C18H23N3O4. The minimum Gasteiger partial charge on any atom is -0.486 e. The highest BCUT2D eigenvalue weighted by molar-refractivity contribution is 5.92. The molecule has 25 heavy (non-hydrogen) atoms. The lowest BCUT2D eigenvalue weighted by molar-refractivity contribution is 0.0702. The number of carbonyl (C=O) groups excluding carboxylic acids is 1. The summed E-state index contributed by atoms with van der Waals surface area (Å²) in [7, 11) is 0. The Morgan fingerprint density at radius 3 is 3.04 bits per heavy atom. The molecule has 1 aromatic heterocycles. The second-order valence-electron chi connectivity index (χ2n) is 6.13. The molecule has 1 amide bonds. The summed E-state index contributed by atoms with van der Waals surface area (Å²) >= 11 is 0. The number of benzene rings is 1. The predicted molar refractivity (Wildman–Crippen MR) is 91.3 cm³/mol. The van der Waals surface area contributed by atoms with Gasteiger partial charge in [0, 0.05) is 25.7 Å². The molecule has 7 heteroatoms. The fourth-order valence-corrected chi connectivity index (χ4v) is 2.81. The summed E-state index contributed by atoms with van der Waals surface area (Å²) in [5, 5.41) is 16.2. The van der Waals surface area contributed by atoms with Crippen LogP contribution >= 0.6 is 0 Å². The number of nitrogens with one attached hydrogen (secondary N) is 1. The van der Waals surface area contributed by atoms with Gasteiger partial charge in [-0.15, -0.1) is 0 Å². The fourth-order valence-electron chi connectivity index (χ4n) is 2.81. The van der Waals surface area contributed by atoms with Crippen molar-refractivity contribution in [3.63, 3.8) is 0 Å². The lowest BCUT2D eigenvalue weighted by Gasteiger charge is -2.29. The number of aromatic nitrogens is 1. The number of piperidine rings is 1. The molecule has 1 atom stereocenters.